The highest BCUT2D eigenvalue weighted by molar-refractivity contribution is 5.96. The number of likely N-dealkylation sites (tertiary alicyclic amines) is 1. The molecule has 32 heavy (non-hydrogen) atoms. The number of hydrogen-bond acceptors (Lipinski definition) is 4. The largest absolute Gasteiger partial charge is 0.507 e. The van der Waals surface area contributed by atoms with E-state index in [9.17, 15) is 9.90 Å². The molecule has 6 nitrogen and oxygen atoms in total. The molecule has 1 aromatic carbocycles. The molecular weight excluding hydrogens is 400 g/mol. The highest BCUT2D eigenvalue weighted by Crippen LogP contribution is 2.39. The third kappa shape index (κ3) is 5.52. The Bertz CT molecular complexity index is 977. The smallest absolute Gasteiger partial charge is 0.202 e. The number of aromatic hydroxyl groups is 1. The molecule has 6 heteroatoms. The number of piperidine rings is 1. The molecule has 1 aromatic heterocycles. The van der Waals surface area contributed by atoms with Crippen molar-refractivity contribution in [2.75, 3.05) is 19.6 Å². The van der Waals surface area contributed by atoms with Crippen LogP contribution in [0.2, 0.25) is 0 Å². The minimum absolute atomic E-state index is 0.0479. The Labute approximate surface area is 192 Å². The van der Waals surface area contributed by atoms with Crippen LogP contribution in [0.15, 0.2) is 24.5 Å². The number of nitrogens with one attached hydrogen (secondary N) is 1. The maximum absolute atomic E-state index is 13.2. The number of imidazole rings is 1. The molecule has 1 saturated heterocycles. The van der Waals surface area contributed by atoms with Crippen molar-refractivity contribution in [1.82, 2.24) is 14.0 Å². The number of aromatic nitrogens is 2. The minimum atomic E-state index is -0.286. The fourth-order valence-corrected chi connectivity index (χ4v) is 4.39. The van der Waals surface area contributed by atoms with E-state index in [1.54, 1.807) is 4.57 Å². The fraction of sp³-hybridized carbons (Fsp3) is 0.615. The van der Waals surface area contributed by atoms with Crippen molar-refractivity contribution in [3.8, 4) is 5.75 Å². The van der Waals surface area contributed by atoms with Crippen molar-refractivity contribution in [2.24, 2.45) is 0 Å². The summed E-state index contributed by atoms with van der Waals surface area (Å²) in [6.45, 7) is 16.4. The predicted molar refractivity (Wildman–Crippen MR) is 128 cm³/mol. The van der Waals surface area contributed by atoms with Crippen molar-refractivity contribution in [3.05, 3.63) is 46.8 Å². The van der Waals surface area contributed by atoms with E-state index in [-0.39, 0.29) is 28.9 Å². The van der Waals surface area contributed by atoms with Crippen molar-refractivity contribution >= 4 is 5.78 Å². The molecule has 1 aliphatic heterocycles. The standard InChI is InChI=1S/C26H40N4O2/c1-25(2,3)20-16-19(17-21(23(20)32)26(4,5)6)22(31)18-30-15-14-29(24(30)27)13-12-28-10-8-7-9-11-28/h14-17,27,32H,7-13,18H2,1-6H3. The van der Waals surface area contributed by atoms with Crippen LogP contribution in [0.1, 0.15) is 82.3 Å². The summed E-state index contributed by atoms with van der Waals surface area (Å²) in [5.74, 6) is 0.229. The summed E-state index contributed by atoms with van der Waals surface area (Å²) in [7, 11) is 0. The monoisotopic (exact) mass is 440 g/mol. The minimum Gasteiger partial charge on any atom is -0.507 e. The van der Waals surface area contributed by atoms with Crippen molar-refractivity contribution < 1.29 is 9.90 Å². The molecule has 2 N–H and O–H groups in total. The highest BCUT2D eigenvalue weighted by Gasteiger charge is 2.28. The van der Waals surface area contributed by atoms with E-state index in [4.69, 9.17) is 5.41 Å². The second-order valence-corrected chi connectivity index (χ2v) is 11.2. The molecule has 0 bridgehead atoms. The zero-order valence-corrected chi connectivity index (χ0v) is 20.7. The van der Waals surface area contributed by atoms with Crippen LogP contribution >= 0.6 is 0 Å². The van der Waals surface area contributed by atoms with E-state index in [2.05, 4.69) is 4.90 Å². The van der Waals surface area contributed by atoms with Crippen LogP contribution in [0.25, 0.3) is 0 Å². The van der Waals surface area contributed by atoms with Crippen molar-refractivity contribution in [1.29, 1.82) is 5.41 Å². The van der Waals surface area contributed by atoms with Gasteiger partial charge in [-0.3, -0.25) is 10.2 Å². The summed E-state index contributed by atoms with van der Waals surface area (Å²) >= 11 is 0. The van der Waals surface area contributed by atoms with Gasteiger partial charge in [0.25, 0.3) is 0 Å². The molecule has 0 unspecified atom stereocenters. The summed E-state index contributed by atoms with van der Waals surface area (Å²) in [5.41, 5.74) is 1.93. The number of rotatable bonds is 6. The highest BCUT2D eigenvalue weighted by atomic mass is 16.3. The third-order valence-electron chi connectivity index (χ3n) is 6.44. The molecule has 2 heterocycles. The van der Waals surface area contributed by atoms with Crippen LogP contribution in [-0.4, -0.2) is 44.6 Å². The summed E-state index contributed by atoms with van der Waals surface area (Å²) in [6, 6.07) is 3.65. The van der Waals surface area contributed by atoms with Gasteiger partial charge in [0.1, 0.15) is 5.75 Å². The lowest BCUT2D eigenvalue weighted by atomic mass is 9.78. The number of nitrogens with zero attached hydrogens (tertiary/aromatic N) is 3. The Balaban J connectivity index is 1.81. The Morgan fingerprint density at radius 2 is 1.44 bits per heavy atom. The van der Waals surface area contributed by atoms with Gasteiger partial charge >= 0.3 is 0 Å². The maximum atomic E-state index is 13.2. The molecule has 0 aliphatic carbocycles. The van der Waals surface area contributed by atoms with E-state index in [1.165, 1.54) is 19.3 Å². The fourth-order valence-electron chi connectivity index (χ4n) is 4.39. The van der Waals surface area contributed by atoms with Gasteiger partial charge < -0.3 is 19.1 Å². The average molecular weight is 441 g/mol. The number of benzene rings is 1. The van der Waals surface area contributed by atoms with Crippen LogP contribution in [0, 0.1) is 5.41 Å². The summed E-state index contributed by atoms with van der Waals surface area (Å²) < 4.78 is 3.62. The van der Waals surface area contributed by atoms with Gasteiger partial charge in [-0.2, -0.15) is 0 Å². The Morgan fingerprint density at radius 1 is 0.906 bits per heavy atom. The number of carbonyl (C=O) groups excluding carboxylic acids is 1. The molecule has 0 amide bonds. The van der Waals surface area contributed by atoms with Crippen LogP contribution < -0.4 is 5.62 Å². The first-order valence-corrected chi connectivity index (χ1v) is 11.8. The number of phenols is 1. The molecule has 0 spiro atoms. The maximum Gasteiger partial charge on any atom is 0.202 e. The second kappa shape index (κ2) is 9.26. The lowest BCUT2D eigenvalue weighted by Gasteiger charge is -2.28. The SMILES string of the molecule is CC(C)(C)c1cc(C(=O)Cn2ccn(CCN3CCCCC3)c2=N)cc(C(C)(C)C)c1O. The first-order chi connectivity index (χ1) is 14.9. The number of Topliss-reactive ketones (excluding diaryl/α,β-unsaturated/α-hetero) is 1. The number of phenolic OH excluding ortho intramolecular Hbond substituents is 1. The van der Waals surface area contributed by atoms with Gasteiger partial charge in [-0.05, 0) is 48.9 Å². The van der Waals surface area contributed by atoms with Gasteiger partial charge in [0.2, 0.25) is 5.62 Å². The van der Waals surface area contributed by atoms with Gasteiger partial charge in [-0.25, -0.2) is 0 Å². The van der Waals surface area contributed by atoms with Crippen LogP contribution in [0.3, 0.4) is 0 Å². The van der Waals surface area contributed by atoms with Crippen LogP contribution in [-0.2, 0) is 23.9 Å². The summed E-state index contributed by atoms with van der Waals surface area (Å²) in [4.78, 5) is 15.7. The lowest BCUT2D eigenvalue weighted by molar-refractivity contribution is 0.0969. The average Bonchev–Trinajstić information content (AvgIpc) is 3.05. The van der Waals surface area contributed by atoms with E-state index in [0.29, 0.717) is 11.2 Å². The predicted octanol–water partition coefficient (Wildman–Crippen LogP) is 4.44. The third-order valence-corrected chi connectivity index (χ3v) is 6.44. The number of ketones is 1. The Kier molecular flexibility index (Phi) is 7.03. The van der Waals surface area contributed by atoms with Crippen LogP contribution in [0.5, 0.6) is 5.75 Å². The van der Waals surface area contributed by atoms with E-state index < -0.39 is 0 Å². The quantitative estimate of drug-likeness (QED) is 0.652. The van der Waals surface area contributed by atoms with Gasteiger partial charge in [0, 0.05) is 42.2 Å². The molecule has 0 radical (unpaired) electrons. The molecule has 176 valence electrons. The molecular formula is C26H40N4O2. The first-order valence-electron chi connectivity index (χ1n) is 11.8. The van der Waals surface area contributed by atoms with Gasteiger partial charge in [0.05, 0.1) is 6.54 Å². The van der Waals surface area contributed by atoms with Crippen LogP contribution in [0.4, 0.5) is 0 Å². The van der Waals surface area contributed by atoms with Crippen molar-refractivity contribution in [3.63, 3.8) is 0 Å². The topological polar surface area (TPSA) is 74.2 Å². The van der Waals surface area contributed by atoms with Gasteiger partial charge in [0.15, 0.2) is 5.78 Å². The number of carbonyl (C=O) groups is 1. The molecule has 3 rings (SSSR count). The summed E-state index contributed by atoms with van der Waals surface area (Å²) in [5, 5.41) is 19.4. The van der Waals surface area contributed by atoms with Gasteiger partial charge in [-0.15, -0.1) is 0 Å². The molecule has 0 saturated carbocycles. The van der Waals surface area contributed by atoms with E-state index in [0.717, 1.165) is 37.3 Å². The van der Waals surface area contributed by atoms with Gasteiger partial charge in [-0.1, -0.05) is 48.0 Å². The Morgan fingerprint density at radius 3 is 1.97 bits per heavy atom. The molecule has 1 aliphatic rings. The zero-order valence-electron chi connectivity index (χ0n) is 20.7. The van der Waals surface area contributed by atoms with E-state index >= 15 is 0 Å². The van der Waals surface area contributed by atoms with Crippen molar-refractivity contribution in [2.45, 2.75) is 84.7 Å². The summed E-state index contributed by atoms with van der Waals surface area (Å²) in [6.07, 6.45) is 7.56. The Hall–Kier alpha value is -2.34. The molecule has 1 fully saturated rings. The number of hydrogen-bond donors (Lipinski definition) is 2. The van der Waals surface area contributed by atoms with E-state index in [1.807, 2.05) is 70.6 Å². The normalized spacial score (nSPS) is 15.8. The molecule has 0 atom stereocenters. The first kappa shape index (κ1) is 24.3. The zero-order chi connectivity index (χ0) is 23.7. The lowest BCUT2D eigenvalue weighted by Crippen LogP contribution is -2.35. The second-order valence-electron chi connectivity index (χ2n) is 11.2. The molecule has 2 aromatic rings.